The molecule has 0 amide bonds. The normalized spacial score (nSPS) is 11.1. The van der Waals surface area contributed by atoms with Gasteiger partial charge in [0, 0.05) is 5.56 Å². The van der Waals surface area contributed by atoms with Gasteiger partial charge in [0.25, 0.3) is 0 Å². The summed E-state index contributed by atoms with van der Waals surface area (Å²) in [7, 11) is 0. The van der Waals surface area contributed by atoms with E-state index in [0.29, 0.717) is 0 Å². The molecule has 0 aromatic heterocycles. The maximum absolute atomic E-state index is 13.4. The fraction of sp³-hybridized carbons (Fsp3) is 0.333. The summed E-state index contributed by atoms with van der Waals surface area (Å²) in [6.45, 7) is 3.44. The molecule has 0 spiro atoms. The smallest absolute Gasteiger partial charge is 0.169 e. The molecular weight excluding hydrogens is 231 g/mol. The topological polar surface area (TPSA) is 26.0 Å². The standard InChI is InChI=1S/C9H9Cl2F2N/c1-3(2)4-5(10)6(11)8(13)9(14)7(4)12/h3H,14H2,1-2H3. The fourth-order valence-electron chi connectivity index (χ4n) is 1.18. The molecule has 0 saturated carbocycles. The highest BCUT2D eigenvalue weighted by Crippen LogP contribution is 2.38. The van der Waals surface area contributed by atoms with Crippen LogP contribution >= 0.6 is 23.2 Å². The van der Waals surface area contributed by atoms with Crippen LogP contribution in [-0.2, 0) is 0 Å². The lowest BCUT2D eigenvalue weighted by Gasteiger charge is -2.13. The minimum Gasteiger partial charge on any atom is -0.394 e. The van der Waals surface area contributed by atoms with Crippen LogP contribution in [0.1, 0.15) is 25.3 Å². The van der Waals surface area contributed by atoms with Crippen molar-refractivity contribution in [3.8, 4) is 0 Å². The molecule has 78 valence electrons. The van der Waals surface area contributed by atoms with Crippen molar-refractivity contribution < 1.29 is 8.78 Å². The first-order valence-electron chi connectivity index (χ1n) is 3.99. The number of hydrogen-bond acceptors (Lipinski definition) is 1. The second-order valence-corrected chi connectivity index (χ2v) is 3.99. The van der Waals surface area contributed by atoms with Crippen molar-refractivity contribution in [2.24, 2.45) is 0 Å². The van der Waals surface area contributed by atoms with E-state index in [1.807, 2.05) is 0 Å². The maximum Gasteiger partial charge on any atom is 0.169 e. The Balaban J connectivity index is 3.60. The van der Waals surface area contributed by atoms with E-state index in [0.717, 1.165) is 0 Å². The second-order valence-electron chi connectivity index (χ2n) is 3.24. The second kappa shape index (κ2) is 3.91. The van der Waals surface area contributed by atoms with Gasteiger partial charge in [-0.1, -0.05) is 37.0 Å². The zero-order valence-corrected chi connectivity index (χ0v) is 9.18. The molecule has 0 aliphatic carbocycles. The molecule has 0 aliphatic rings. The molecule has 0 unspecified atom stereocenters. The summed E-state index contributed by atoms with van der Waals surface area (Å²) in [4.78, 5) is 0. The number of rotatable bonds is 1. The third-order valence-corrected chi connectivity index (χ3v) is 2.75. The summed E-state index contributed by atoms with van der Waals surface area (Å²) in [6.07, 6.45) is 0. The first-order valence-corrected chi connectivity index (χ1v) is 4.74. The van der Waals surface area contributed by atoms with Gasteiger partial charge in [0.15, 0.2) is 11.6 Å². The third kappa shape index (κ3) is 1.66. The average molecular weight is 240 g/mol. The van der Waals surface area contributed by atoms with Crippen LogP contribution in [0.4, 0.5) is 14.5 Å². The Bertz CT molecular complexity index is 349. The molecule has 0 aliphatic heterocycles. The zero-order chi connectivity index (χ0) is 11.0. The third-order valence-electron chi connectivity index (χ3n) is 1.91. The van der Waals surface area contributed by atoms with Gasteiger partial charge in [-0.15, -0.1) is 0 Å². The highest BCUT2D eigenvalue weighted by Gasteiger charge is 2.22. The highest BCUT2D eigenvalue weighted by molar-refractivity contribution is 6.42. The molecule has 5 heteroatoms. The van der Waals surface area contributed by atoms with E-state index in [9.17, 15) is 8.78 Å². The largest absolute Gasteiger partial charge is 0.394 e. The van der Waals surface area contributed by atoms with Crippen molar-refractivity contribution in [2.75, 3.05) is 5.73 Å². The van der Waals surface area contributed by atoms with E-state index < -0.39 is 17.3 Å². The van der Waals surface area contributed by atoms with Crippen LogP contribution in [0, 0.1) is 11.6 Å². The number of nitrogen functional groups attached to an aromatic ring is 1. The van der Waals surface area contributed by atoms with Crippen LogP contribution in [0.2, 0.25) is 10.0 Å². The molecule has 1 nitrogen and oxygen atoms in total. The molecule has 1 aromatic carbocycles. The van der Waals surface area contributed by atoms with Crippen LogP contribution in [0.5, 0.6) is 0 Å². The van der Waals surface area contributed by atoms with Gasteiger partial charge in [0.1, 0.15) is 5.69 Å². The van der Waals surface area contributed by atoms with Gasteiger partial charge < -0.3 is 5.73 Å². The first kappa shape index (κ1) is 11.5. The van der Waals surface area contributed by atoms with Gasteiger partial charge in [0.2, 0.25) is 0 Å². The molecular formula is C9H9Cl2F2N. The van der Waals surface area contributed by atoms with Crippen molar-refractivity contribution >= 4 is 28.9 Å². The highest BCUT2D eigenvalue weighted by atomic mass is 35.5. The number of benzene rings is 1. The molecule has 2 N–H and O–H groups in total. The van der Waals surface area contributed by atoms with Gasteiger partial charge in [-0.05, 0) is 5.92 Å². The fourth-order valence-corrected chi connectivity index (χ4v) is 1.77. The Morgan fingerprint density at radius 3 is 2.00 bits per heavy atom. The lowest BCUT2D eigenvalue weighted by molar-refractivity contribution is 0.573. The summed E-state index contributed by atoms with van der Waals surface area (Å²) >= 11 is 11.3. The van der Waals surface area contributed by atoms with Crippen LogP contribution in [0.3, 0.4) is 0 Å². The zero-order valence-electron chi connectivity index (χ0n) is 7.67. The van der Waals surface area contributed by atoms with Gasteiger partial charge >= 0.3 is 0 Å². The van der Waals surface area contributed by atoms with Gasteiger partial charge in [-0.25, -0.2) is 8.78 Å². The summed E-state index contributed by atoms with van der Waals surface area (Å²) in [5.74, 6) is -2.03. The molecule has 1 rings (SSSR count). The van der Waals surface area contributed by atoms with Crippen LogP contribution < -0.4 is 5.73 Å². The lowest BCUT2D eigenvalue weighted by atomic mass is 10.0. The Kier molecular flexibility index (Phi) is 3.22. The molecule has 0 atom stereocenters. The van der Waals surface area contributed by atoms with Crippen LogP contribution in [-0.4, -0.2) is 0 Å². The van der Waals surface area contributed by atoms with Crippen LogP contribution in [0.25, 0.3) is 0 Å². The molecule has 0 radical (unpaired) electrons. The Morgan fingerprint density at radius 2 is 1.57 bits per heavy atom. The molecule has 0 heterocycles. The monoisotopic (exact) mass is 239 g/mol. The van der Waals surface area contributed by atoms with Gasteiger partial charge in [0.05, 0.1) is 10.0 Å². The molecule has 0 bridgehead atoms. The van der Waals surface area contributed by atoms with E-state index >= 15 is 0 Å². The summed E-state index contributed by atoms with van der Waals surface area (Å²) in [5.41, 5.74) is 4.77. The van der Waals surface area contributed by atoms with E-state index in [2.05, 4.69) is 0 Å². The van der Waals surface area contributed by atoms with E-state index in [-0.39, 0.29) is 21.5 Å². The summed E-state index contributed by atoms with van der Waals surface area (Å²) < 4.78 is 26.6. The van der Waals surface area contributed by atoms with Crippen molar-refractivity contribution in [3.63, 3.8) is 0 Å². The number of anilines is 1. The van der Waals surface area contributed by atoms with E-state index in [4.69, 9.17) is 28.9 Å². The SMILES string of the molecule is CC(C)c1c(F)c(N)c(F)c(Cl)c1Cl. The molecule has 0 saturated heterocycles. The predicted molar refractivity (Wildman–Crippen MR) is 54.9 cm³/mol. The quantitative estimate of drug-likeness (QED) is 0.448. The minimum absolute atomic E-state index is 0.106. The van der Waals surface area contributed by atoms with Crippen molar-refractivity contribution in [1.29, 1.82) is 0 Å². The average Bonchev–Trinajstić information content (AvgIpc) is 2.11. The number of nitrogens with two attached hydrogens (primary N) is 1. The van der Waals surface area contributed by atoms with Crippen molar-refractivity contribution in [1.82, 2.24) is 0 Å². The number of halogens is 4. The summed E-state index contributed by atoms with van der Waals surface area (Å²) in [6, 6.07) is 0. The summed E-state index contributed by atoms with van der Waals surface area (Å²) in [5, 5.41) is -0.430. The van der Waals surface area contributed by atoms with Crippen LogP contribution in [0.15, 0.2) is 0 Å². The number of hydrogen-bond donors (Lipinski definition) is 1. The molecule has 0 fully saturated rings. The molecule has 14 heavy (non-hydrogen) atoms. The Hall–Kier alpha value is -0.540. The molecule has 1 aromatic rings. The maximum atomic E-state index is 13.4. The lowest BCUT2D eigenvalue weighted by Crippen LogP contribution is -2.04. The first-order chi connectivity index (χ1) is 6.37. The van der Waals surface area contributed by atoms with Gasteiger partial charge in [-0.2, -0.15) is 0 Å². The Labute approximate surface area is 90.8 Å². The minimum atomic E-state index is -1.00. The van der Waals surface area contributed by atoms with E-state index in [1.54, 1.807) is 13.8 Å². The van der Waals surface area contributed by atoms with Gasteiger partial charge in [-0.3, -0.25) is 0 Å². The Morgan fingerprint density at radius 1 is 1.07 bits per heavy atom. The predicted octanol–water partition coefficient (Wildman–Crippen LogP) is 3.98. The van der Waals surface area contributed by atoms with Crippen molar-refractivity contribution in [2.45, 2.75) is 19.8 Å². The van der Waals surface area contributed by atoms with Crippen molar-refractivity contribution in [3.05, 3.63) is 27.2 Å². The van der Waals surface area contributed by atoms with E-state index in [1.165, 1.54) is 0 Å².